The van der Waals surface area contributed by atoms with Gasteiger partial charge in [0.2, 0.25) is 21.8 Å². The number of amides is 2. The number of sulfonamides is 1. The zero-order valence-corrected chi connectivity index (χ0v) is 26.5. The summed E-state index contributed by atoms with van der Waals surface area (Å²) >= 11 is 0. The summed E-state index contributed by atoms with van der Waals surface area (Å²) in [7, 11) is -3.95. The number of nitrogens with zero attached hydrogens (tertiary/aromatic N) is 2. The molecule has 2 amide bonds. The normalized spacial score (nSPS) is 14.0. The predicted octanol–water partition coefficient (Wildman–Crippen LogP) is 6.08. The highest BCUT2D eigenvalue weighted by Gasteiger charge is 2.34. The summed E-state index contributed by atoms with van der Waals surface area (Å²) < 4.78 is 48.0. The molecule has 4 aromatic rings. The zero-order chi connectivity index (χ0) is 32.5. The Morgan fingerprint density at radius 2 is 1.43 bits per heavy atom. The smallest absolute Gasteiger partial charge is 0.244 e. The minimum Gasteiger partial charge on any atom is -0.457 e. The lowest BCUT2D eigenvalue weighted by Crippen LogP contribution is -2.54. The van der Waals surface area contributed by atoms with Crippen LogP contribution in [0.15, 0.2) is 109 Å². The monoisotopic (exact) mass is 643 g/mol. The SMILES string of the molecule is CS(=O)(=O)N(CC(=O)N(Cc1ccccc1F)[C@H](Cc1ccccc1)C(=O)NC1CCCC1)c1ccc(Oc2ccccc2)cc1. The first kappa shape index (κ1) is 32.7. The summed E-state index contributed by atoms with van der Waals surface area (Å²) in [5.74, 6) is -0.407. The van der Waals surface area contributed by atoms with E-state index in [0.717, 1.165) is 41.8 Å². The first-order valence-corrected chi connectivity index (χ1v) is 17.2. The third kappa shape index (κ3) is 8.72. The molecule has 4 aromatic carbocycles. The molecule has 1 fully saturated rings. The largest absolute Gasteiger partial charge is 0.457 e. The van der Waals surface area contributed by atoms with E-state index in [4.69, 9.17) is 4.74 Å². The van der Waals surface area contributed by atoms with Gasteiger partial charge < -0.3 is 15.0 Å². The Balaban J connectivity index is 1.46. The topological polar surface area (TPSA) is 96.0 Å². The molecule has 5 rings (SSSR count). The number of halogens is 1. The van der Waals surface area contributed by atoms with E-state index in [9.17, 15) is 22.4 Å². The molecule has 1 N–H and O–H groups in total. The van der Waals surface area contributed by atoms with Crippen molar-refractivity contribution < 1.29 is 27.1 Å². The fraction of sp³-hybridized carbons (Fsp3) is 0.278. The van der Waals surface area contributed by atoms with Crippen molar-refractivity contribution in [3.8, 4) is 11.5 Å². The second kappa shape index (κ2) is 15.1. The summed E-state index contributed by atoms with van der Waals surface area (Å²) in [6.45, 7) is -0.809. The first-order chi connectivity index (χ1) is 22.2. The molecule has 1 aliphatic rings. The van der Waals surface area contributed by atoms with Gasteiger partial charge in [0, 0.05) is 24.6 Å². The van der Waals surface area contributed by atoms with Gasteiger partial charge in [-0.05, 0) is 60.9 Å². The van der Waals surface area contributed by atoms with Crippen LogP contribution in [0.1, 0.15) is 36.8 Å². The van der Waals surface area contributed by atoms with E-state index in [1.807, 2.05) is 48.5 Å². The number of rotatable bonds is 13. The average Bonchev–Trinajstić information content (AvgIpc) is 3.56. The fourth-order valence-electron chi connectivity index (χ4n) is 5.65. The molecule has 0 aromatic heterocycles. The lowest BCUT2D eigenvalue weighted by Gasteiger charge is -2.34. The van der Waals surface area contributed by atoms with Gasteiger partial charge in [-0.1, -0.05) is 79.6 Å². The fourth-order valence-corrected chi connectivity index (χ4v) is 6.50. The molecule has 0 unspecified atom stereocenters. The van der Waals surface area contributed by atoms with Crippen LogP contribution in [0, 0.1) is 5.82 Å². The minimum atomic E-state index is -3.95. The second-order valence-corrected chi connectivity index (χ2v) is 13.4. The van der Waals surface area contributed by atoms with Crippen molar-refractivity contribution in [3.05, 3.63) is 126 Å². The molecule has 1 aliphatic carbocycles. The van der Waals surface area contributed by atoms with Crippen molar-refractivity contribution in [2.75, 3.05) is 17.1 Å². The molecule has 0 radical (unpaired) electrons. The molecule has 0 bridgehead atoms. The highest BCUT2D eigenvalue weighted by atomic mass is 32.2. The van der Waals surface area contributed by atoms with Crippen LogP contribution < -0.4 is 14.4 Å². The third-order valence-corrected chi connectivity index (χ3v) is 9.19. The summed E-state index contributed by atoms with van der Waals surface area (Å²) in [4.78, 5) is 29.5. The van der Waals surface area contributed by atoms with Gasteiger partial charge in [-0.3, -0.25) is 13.9 Å². The maximum absolute atomic E-state index is 15.0. The van der Waals surface area contributed by atoms with Crippen molar-refractivity contribution in [2.24, 2.45) is 0 Å². The van der Waals surface area contributed by atoms with E-state index in [0.29, 0.717) is 11.5 Å². The van der Waals surface area contributed by atoms with E-state index < -0.39 is 34.3 Å². The average molecular weight is 644 g/mol. The summed E-state index contributed by atoms with van der Waals surface area (Å²) in [5.41, 5.74) is 1.28. The highest BCUT2D eigenvalue weighted by molar-refractivity contribution is 7.92. The number of hydrogen-bond donors (Lipinski definition) is 1. The van der Waals surface area contributed by atoms with E-state index in [1.165, 1.54) is 11.0 Å². The number of carbonyl (C=O) groups excluding carboxylic acids is 2. The van der Waals surface area contributed by atoms with Gasteiger partial charge in [0.05, 0.1) is 11.9 Å². The van der Waals surface area contributed by atoms with Gasteiger partial charge in [-0.25, -0.2) is 12.8 Å². The van der Waals surface area contributed by atoms with Crippen LogP contribution in [-0.2, 0) is 32.6 Å². The van der Waals surface area contributed by atoms with Crippen molar-refractivity contribution in [2.45, 2.75) is 50.7 Å². The molecule has 0 spiro atoms. The Labute approximate surface area is 269 Å². The summed E-state index contributed by atoms with van der Waals surface area (Å²) in [5, 5.41) is 3.10. The van der Waals surface area contributed by atoms with Crippen molar-refractivity contribution >= 4 is 27.5 Å². The lowest BCUT2D eigenvalue weighted by atomic mass is 10.0. The molecule has 46 heavy (non-hydrogen) atoms. The predicted molar refractivity (Wildman–Crippen MR) is 176 cm³/mol. The first-order valence-electron chi connectivity index (χ1n) is 15.4. The maximum atomic E-state index is 15.0. The van der Waals surface area contributed by atoms with Crippen LogP contribution in [-0.4, -0.2) is 50.0 Å². The molecule has 8 nitrogen and oxygen atoms in total. The summed E-state index contributed by atoms with van der Waals surface area (Å²) in [6.07, 6.45) is 4.89. The number of benzene rings is 4. The molecule has 240 valence electrons. The van der Waals surface area contributed by atoms with E-state index >= 15 is 0 Å². The number of anilines is 1. The molecule has 0 heterocycles. The van der Waals surface area contributed by atoms with E-state index in [2.05, 4.69) is 5.32 Å². The zero-order valence-electron chi connectivity index (χ0n) is 25.7. The Hall–Kier alpha value is -4.70. The number of hydrogen-bond acceptors (Lipinski definition) is 5. The quantitative estimate of drug-likeness (QED) is 0.191. The van der Waals surface area contributed by atoms with Crippen LogP contribution in [0.5, 0.6) is 11.5 Å². The number of nitrogens with one attached hydrogen (secondary N) is 1. The molecule has 10 heteroatoms. The van der Waals surface area contributed by atoms with Crippen LogP contribution in [0.25, 0.3) is 0 Å². The minimum absolute atomic E-state index is 0.0136. The van der Waals surface area contributed by atoms with Crippen LogP contribution in [0.2, 0.25) is 0 Å². The van der Waals surface area contributed by atoms with Gasteiger partial charge in [0.25, 0.3) is 0 Å². The molecule has 1 atom stereocenters. The molecular weight excluding hydrogens is 605 g/mol. The second-order valence-electron chi connectivity index (χ2n) is 11.5. The molecule has 1 saturated carbocycles. The van der Waals surface area contributed by atoms with Gasteiger partial charge in [-0.15, -0.1) is 0 Å². The number of carbonyl (C=O) groups is 2. The van der Waals surface area contributed by atoms with E-state index in [-0.39, 0.29) is 36.2 Å². The molecule has 0 saturated heterocycles. The Morgan fingerprint density at radius 1 is 0.848 bits per heavy atom. The number of ether oxygens (including phenoxy) is 1. The molecule has 0 aliphatic heterocycles. The van der Waals surface area contributed by atoms with Crippen LogP contribution >= 0.6 is 0 Å². The van der Waals surface area contributed by atoms with Crippen LogP contribution in [0.3, 0.4) is 0 Å². The molecular formula is C36H38FN3O5S. The Morgan fingerprint density at radius 3 is 2.07 bits per heavy atom. The van der Waals surface area contributed by atoms with Gasteiger partial charge in [0.15, 0.2) is 0 Å². The van der Waals surface area contributed by atoms with Crippen LogP contribution in [0.4, 0.5) is 10.1 Å². The number of para-hydroxylation sites is 1. The Bertz CT molecular complexity index is 1710. The summed E-state index contributed by atoms with van der Waals surface area (Å²) in [6, 6.07) is 29.8. The Kier molecular flexibility index (Phi) is 10.7. The van der Waals surface area contributed by atoms with Crippen molar-refractivity contribution in [1.29, 1.82) is 0 Å². The maximum Gasteiger partial charge on any atom is 0.244 e. The van der Waals surface area contributed by atoms with E-state index in [1.54, 1.807) is 54.6 Å². The van der Waals surface area contributed by atoms with Crippen molar-refractivity contribution in [1.82, 2.24) is 10.2 Å². The third-order valence-electron chi connectivity index (χ3n) is 8.05. The van der Waals surface area contributed by atoms with Gasteiger partial charge >= 0.3 is 0 Å². The van der Waals surface area contributed by atoms with Crippen molar-refractivity contribution in [3.63, 3.8) is 0 Å². The highest BCUT2D eigenvalue weighted by Crippen LogP contribution is 2.27. The van der Waals surface area contributed by atoms with Gasteiger partial charge in [-0.2, -0.15) is 0 Å². The van der Waals surface area contributed by atoms with Gasteiger partial charge in [0.1, 0.15) is 29.9 Å². The lowest BCUT2D eigenvalue weighted by molar-refractivity contribution is -0.140. The standard InChI is InChI=1S/C36H38FN3O5S/c1-46(43,44)40(30-20-22-32(23-21-30)45-31-17-6-3-7-18-31)26-35(41)39(25-28-14-8-11-19-33(28)37)34(24-27-12-4-2-5-13-27)36(42)38-29-15-9-10-16-29/h2-8,11-14,17-23,29,34H,9-10,15-16,24-26H2,1H3,(H,38,42)/t34-/m1/s1.